The van der Waals surface area contributed by atoms with Gasteiger partial charge >= 0.3 is 5.97 Å². The van der Waals surface area contributed by atoms with Gasteiger partial charge in [0.05, 0.1) is 23.9 Å². The number of amides is 1. The number of nitrogens with one attached hydrogen (secondary N) is 1. The number of phenols is 1. The molecule has 8 rings (SSSR count). The zero-order valence-corrected chi connectivity index (χ0v) is 26.0. The maximum atomic E-state index is 13.9. The molecule has 3 aliphatic carbocycles. The second kappa shape index (κ2) is 11.5. The van der Waals surface area contributed by atoms with Crippen LogP contribution in [0.15, 0.2) is 78.9 Å². The number of aromatic hydroxyl groups is 1. The van der Waals surface area contributed by atoms with Crippen molar-refractivity contribution in [1.82, 2.24) is 10.2 Å². The molecule has 2 aliphatic heterocycles. The zero-order chi connectivity index (χ0) is 29.9. The third-order valence-corrected chi connectivity index (χ3v) is 10.8. The van der Waals surface area contributed by atoms with Crippen LogP contribution in [0.2, 0.25) is 0 Å². The first kappa shape index (κ1) is 29.9. The van der Waals surface area contributed by atoms with Crippen molar-refractivity contribution < 1.29 is 24.2 Å². The fraction of sp³-hybridized carbons (Fsp3) is 0.405. The Kier molecular flexibility index (Phi) is 7.65. The van der Waals surface area contributed by atoms with E-state index in [4.69, 9.17) is 9.47 Å². The number of nitrogens with zero attached hydrogens (tertiary/aromatic N) is 1. The van der Waals surface area contributed by atoms with Crippen molar-refractivity contribution in [2.24, 2.45) is 5.92 Å². The van der Waals surface area contributed by atoms with Crippen LogP contribution < -0.4 is 10.1 Å². The normalized spacial score (nSPS) is 29.3. The molecule has 2 saturated carbocycles. The van der Waals surface area contributed by atoms with Crippen molar-refractivity contribution in [3.05, 3.63) is 101 Å². The van der Waals surface area contributed by atoms with Gasteiger partial charge in [-0.3, -0.25) is 14.5 Å². The minimum atomic E-state index is -0.830. The highest BCUT2D eigenvalue weighted by molar-refractivity contribution is 5.92. The lowest BCUT2D eigenvalue weighted by Gasteiger charge is -2.65. The fourth-order valence-electron chi connectivity index (χ4n) is 8.78. The smallest absolute Gasteiger partial charge is 0.310 e. The van der Waals surface area contributed by atoms with Crippen LogP contribution in [0.4, 0.5) is 0 Å². The third kappa shape index (κ3) is 4.92. The summed E-state index contributed by atoms with van der Waals surface area (Å²) in [5.41, 5.74) is 2.50. The van der Waals surface area contributed by atoms with Crippen LogP contribution in [0.25, 0.3) is 6.08 Å². The molecule has 1 spiro atoms. The first-order chi connectivity index (χ1) is 21.5. The molecule has 3 aromatic rings. The van der Waals surface area contributed by atoms with Crippen LogP contribution in [-0.4, -0.2) is 58.8 Å². The van der Waals surface area contributed by atoms with Gasteiger partial charge in [-0.2, -0.15) is 0 Å². The van der Waals surface area contributed by atoms with Crippen molar-refractivity contribution in [3.63, 3.8) is 0 Å². The van der Waals surface area contributed by atoms with E-state index >= 15 is 0 Å². The number of phenolic OH excluding ortho intramolecular Hbond substituents is 1. The molecule has 2 heterocycles. The van der Waals surface area contributed by atoms with E-state index in [2.05, 4.69) is 10.2 Å². The number of ether oxygens (including phenoxy) is 2. The number of hydrogen-bond donors (Lipinski definition) is 2. The highest BCUT2D eigenvalue weighted by Gasteiger charge is 2.75. The average Bonchev–Trinajstić information content (AvgIpc) is 3.78. The number of carbonyl (C=O) groups excluding carboxylic acids is 2. The minimum absolute atomic E-state index is 0. The summed E-state index contributed by atoms with van der Waals surface area (Å²) < 4.78 is 13.6. The topological polar surface area (TPSA) is 88.1 Å². The predicted molar refractivity (Wildman–Crippen MR) is 173 cm³/mol. The lowest BCUT2D eigenvalue weighted by molar-refractivity contribution is -0.220. The largest absolute Gasteiger partial charge is 0.504 e. The minimum Gasteiger partial charge on any atom is -0.504 e. The fourth-order valence-corrected chi connectivity index (χ4v) is 8.78. The van der Waals surface area contributed by atoms with Gasteiger partial charge in [-0.1, -0.05) is 66.7 Å². The molecule has 3 fully saturated rings. The Labute approximate surface area is 270 Å². The molecule has 45 heavy (non-hydrogen) atoms. The summed E-state index contributed by atoms with van der Waals surface area (Å²) in [7, 11) is 0. The molecule has 1 amide bonds. The van der Waals surface area contributed by atoms with Gasteiger partial charge in [0.2, 0.25) is 5.91 Å². The monoisotopic (exact) mass is 626 g/mol. The van der Waals surface area contributed by atoms with Gasteiger partial charge in [-0.15, -0.1) is 12.4 Å². The Morgan fingerprint density at radius 3 is 2.51 bits per heavy atom. The van der Waals surface area contributed by atoms with Gasteiger partial charge in [0.15, 0.2) is 11.5 Å². The second-order valence-corrected chi connectivity index (χ2v) is 13.3. The second-order valence-electron chi connectivity index (χ2n) is 13.3. The van der Waals surface area contributed by atoms with Crippen molar-refractivity contribution in [1.29, 1.82) is 0 Å². The Balaban J connectivity index is 0.00000325. The number of esters is 1. The molecule has 2 bridgehead atoms. The zero-order valence-electron chi connectivity index (χ0n) is 25.2. The Morgan fingerprint density at radius 1 is 1.00 bits per heavy atom. The van der Waals surface area contributed by atoms with Crippen LogP contribution in [0.1, 0.15) is 54.4 Å². The molecule has 0 unspecified atom stereocenters. The van der Waals surface area contributed by atoms with Gasteiger partial charge in [-0.05, 0) is 79.8 Å². The summed E-state index contributed by atoms with van der Waals surface area (Å²) >= 11 is 0. The number of likely N-dealkylation sites (tertiary alicyclic amines) is 1. The van der Waals surface area contributed by atoms with Crippen molar-refractivity contribution in [3.8, 4) is 11.5 Å². The summed E-state index contributed by atoms with van der Waals surface area (Å²) in [6.07, 6.45) is 8.30. The third-order valence-electron chi connectivity index (χ3n) is 10.8. The molecular formula is C37H39ClN2O5. The van der Waals surface area contributed by atoms with Gasteiger partial charge in [0.1, 0.15) is 11.7 Å². The van der Waals surface area contributed by atoms with Crippen molar-refractivity contribution in [2.45, 2.75) is 74.1 Å². The summed E-state index contributed by atoms with van der Waals surface area (Å²) in [4.78, 5) is 29.7. The van der Waals surface area contributed by atoms with Crippen LogP contribution in [-0.2, 0) is 32.6 Å². The molecular weight excluding hydrogens is 588 g/mol. The highest BCUT2D eigenvalue weighted by atomic mass is 35.5. The van der Waals surface area contributed by atoms with Crippen LogP contribution in [0.3, 0.4) is 0 Å². The lowest BCUT2D eigenvalue weighted by atomic mass is 9.48. The van der Waals surface area contributed by atoms with Gasteiger partial charge in [0.25, 0.3) is 0 Å². The first-order valence-corrected chi connectivity index (χ1v) is 16.0. The number of benzene rings is 3. The first-order valence-electron chi connectivity index (χ1n) is 16.0. The molecule has 5 aliphatic rings. The summed E-state index contributed by atoms with van der Waals surface area (Å²) in [5.74, 6) is 0.862. The number of piperidine rings is 1. The van der Waals surface area contributed by atoms with E-state index in [0.717, 1.165) is 48.2 Å². The van der Waals surface area contributed by atoms with E-state index in [9.17, 15) is 14.7 Å². The molecule has 2 N–H and O–H groups in total. The quantitative estimate of drug-likeness (QED) is 0.258. The van der Waals surface area contributed by atoms with Gasteiger partial charge in [-0.25, -0.2) is 0 Å². The van der Waals surface area contributed by atoms with E-state index in [1.54, 1.807) is 12.1 Å². The molecule has 3 aromatic carbocycles. The molecule has 5 atom stereocenters. The van der Waals surface area contributed by atoms with E-state index in [-0.39, 0.29) is 48.5 Å². The standard InChI is InChI=1S/C37H38N2O5.ClH/c40-29-15-14-27-22-30-37(44-32(42)21-25-9-5-2-6-10-25)18-17-28(38-31(41)16-13-24-7-3-1-4-8-24)35-36(37,33(27)34(29)43-35)19-20-39(30)23-26-11-12-26;/h1-10,13-16,26,28,30,35,40H,11-12,17-23H2,(H,38,41);1H/b16-13+;/t28-,30-,35+,36+,37-;/m1./s1. The number of rotatable bonds is 8. The van der Waals surface area contributed by atoms with Gasteiger partial charge in [0, 0.05) is 18.2 Å². The SMILES string of the molecule is Cl.O=C(/C=C/c1ccccc1)N[C@@H]1CC[C@@]2(OC(=O)Cc3ccccc3)[C@H]3Cc4ccc(O)c5c4[C@@]2(CCN3CC2CC2)[C@H]1O5. The summed E-state index contributed by atoms with van der Waals surface area (Å²) in [6.45, 7) is 1.87. The Bertz CT molecular complexity index is 1630. The van der Waals surface area contributed by atoms with Crippen molar-refractivity contribution >= 4 is 30.4 Å². The molecule has 0 aromatic heterocycles. The summed E-state index contributed by atoms with van der Waals surface area (Å²) in [6, 6.07) is 23.0. The maximum absolute atomic E-state index is 13.9. The van der Waals surface area contributed by atoms with E-state index < -0.39 is 17.1 Å². The van der Waals surface area contributed by atoms with E-state index in [1.807, 2.05) is 72.8 Å². The molecule has 1 saturated heterocycles. The average molecular weight is 627 g/mol. The maximum Gasteiger partial charge on any atom is 0.310 e. The molecule has 0 radical (unpaired) electrons. The Hall–Kier alpha value is -3.81. The highest BCUT2D eigenvalue weighted by Crippen LogP contribution is 2.66. The molecule has 7 nitrogen and oxygen atoms in total. The summed E-state index contributed by atoms with van der Waals surface area (Å²) in [5, 5.41) is 14.3. The number of carbonyl (C=O) groups is 2. The van der Waals surface area contributed by atoms with E-state index in [1.165, 1.54) is 12.8 Å². The Morgan fingerprint density at radius 2 is 1.76 bits per heavy atom. The van der Waals surface area contributed by atoms with Crippen LogP contribution >= 0.6 is 12.4 Å². The number of hydrogen-bond acceptors (Lipinski definition) is 6. The van der Waals surface area contributed by atoms with Crippen molar-refractivity contribution in [2.75, 3.05) is 13.1 Å². The van der Waals surface area contributed by atoms with Gasteiger partial charge < -0.3 is 19.9 Å². The predicted octanol–water partition coefficient (Wildman–Crippen LogP) is 5.37. The molecule has 8 heteroatoms. The lowest BCUT2D eigenvalue weighted by Crippen LogP contribution is -2.79. The van der Waals surface area contributed by atoms with Crippen LogP contribution in [0, 0.1) is 5.92 Å². The molecule has 234 valence electrons. The van der Waals surface area contributed by atoms with E-state index in [0.29, 0.717) is 24.5 Å². The number of halogens is 1. The van der Waals surface area contributed by atoms with Crippen LogP contribution in [0.5, 0.6) is 11.5 Å².